The maximum atomic E-state index is 13.1. The first-order valence-corrected chi connectivity index (χ1v) is 12.0. The number of rotatable bonds is 13. The summed E-state index contributed by atoms with van der Waals surface area (Å²) in [5, 5.41) is 12.9. The zero-order chi connectivity index (χ0) is 28.2. The van der Waals surface area contributed by atoms with Crippen LogP contribution in [0, 0.1) is 5.82 Å². The van der Waals surface area contributed by atoms with Gasteiger partial charge in [0, 0.05) is 17.5 Å². The first-order chi connectivity index (χ1) is 18.8. The fourth-order valence-electron chi connectivity index (χ4n) is 3.85. The Bertz CT molecular complexity index is 1300. The van der Waals surface area contributed by atoms with Crippen LogP contribution in [0.25, 0.3) is 11.1 Å². The summed E-state index contributed by atoms with van der Waals surface area (Å²) < 4.78 is 17.9. The van der Waals surface area contributed by atoms with Crippen molar-refractivity contribution < 1.29 is 28.7 Å². The molecule has 1 unspecified atom stereocenters. The number of carbonyl (C=O) groups excluding carboxylic acids is 3. The Hall–Kier alpha value is -4.74. The first kappa shape index (κ1) is 28.8. The van der Waals surface area contributed by atoms with E-state index in [1.165, 1.54) is 35.5 Å². The molecule has 10 nitrogen and oxygen atoms in total. The molecule has 0 aliphatic carbocycles. The number of carbonyl (C=O) groups is 3. The molecular weight excluding hydrogens is 505 g/mol. The van der Waals surface area contributed by atoms with Crippen molar-refractivity contribution in [1.82, 2.24) is 15.8 Å². The Labute approximate surface area is 225 Å². The molecule has 3 aromatic carbocycles. The second-order valence-electron chi connectivity index (χ2n) is 8.74. The van der Waals surface area contributed by atoms with Crippen molar-refractivity contribution in [3.8, 4) is 11.1 Å². The normalized spacial score (nSPS) is 11.8. The number of nitrogens with two attached hydrogens (primary N) is 2. The molecule has 3 aromatic rings. The van der Waals surface area contributed by atoms with E-state index in [2.05, 4.69) is 5.32 Å². The average molecular weight is 536 g/mol. The van der Waals surface area contributed by atoms with Crippen molar-refractivity contribution >= 4 is 18.3 Å². The number of halogens is 1. The summed E-state index contributed by atoms with van der Waals surface area (Å²) in [6, 6.07) is 19.8. The molecule has 39 heavy (non-hydrogen) atoms. The highest BCUT2D eigenvalue weighted by atomic mass is 19.1. The van der Waals surface area contributed by atoms with Crippen LogP contribution in [-0.4, -0.2) is 41.1 Å². The van der Waals surface area contributed by atoms with Crippen LogP contribution in [0.3, 0.4) is 0 Å². The molecule has 7 N–H and O–H groups in total. The molecule has 2 amide bonds. The summed E-state index contributed by atoms with van der Waals surface area (Å²) in [6.07, 6.45) is 1.63. The molecule has 0 aromatic heterocycles. The average Bonchev–Trinajstić information content (AvgIpc) is 2.95. The summed E-state index contributed by atoms with van der Waals surface area (Å²) >= 11 is 0. The van der Waals surface area contributed by atoms with Gasteiger partial charge in [0.05, 0.1) is 19.0 Å². The Morgan fingerprint density at radius 1 is 1.03 bits per heavy atom. The molecule has 11 heteroatoms. The summed E-state index contributed by atoms with van der Waals surface area (Å²) in [6.45, 7) is 0.555. The molecule has 1 atom stereocenters. The number of hydroxylamine groups is 1. The van der Waals surface area contributed by atoms with Crippen molar-refractivity contribution in [2.24, 2.45) is 11.6 Å². The van der Waals surface area contributed by atoms with Gasteiger partial charge >= 0.3 is 0 Å². The highest BCUT2D eigenvalue weighted by Gasteiger charge is 2.19. The van der Waals surface area contributed by atoms with Gasteiger partial charge in [-0.25, -0.2) is 15.7 Å². The van der Waals surface area contributed by atoms with Crippen LogP contribution in [0.1, 0.15) is 27.9 Å². The zero-order valence-electron chi connectivity index (χ0n) is 21.0. The predicted octanol–water partition coefficient (Wildman–Crippen LogP) is 2.38. The molecule has 0 bridgehead atoms. The van der Waals surface area contributed by atoms with Crippen molar-refractivity contribution in [2.75, 3.05) is 6.54 Å². The van der Waals surface area contributed by atoms with Crippen molar-refractivity contribution in [3.63, 3.8) is 0 Å². The predicted molar refractivity (Wildman–Crippen MR) is 142 cm³/mol. The largest absolute Gasteiger partial charge is 0.463 e. The number of amides is 2. The number of nitrogens with one attached hydrogen (secondary N) is 2. The van der Waals surface area contributed by atoms with Gasteiger partial charge < -0.3 is 20.8 Å². The third-order valence-corrected chi connectivity index (χ3v) is 5.85. The quantitative estimate of drug-likeness (QED) is 0.0965. The van der Waals surface area contributed by atoms with E-state index in [1.807, 2.05) is 48.5 Å². The second kappa shape index (κ2) is 14.3. The monoisotopic (exact) mass is 535 g/mol. The third kappa shape index (κ3) is 8.95. The van der Waals surface area contributed by atoms with Crippen molar-refractivity contribution in [2.45, 2.75) is 25.5 Å². The number of ether oxygens (including phenoxy) is 1. The number of hydrogen-bond acceptors (Lipinski definition) is 8. The topological polar surface area (TPSA) is 160 Å². The molecule has 0 saturated carbocycles. The summed E-state index contributed by atoms with van der Waals surface area (Å²) in [5.41, 5.74) is 11.8. The third-order valence-electron chi connectivity index (χ3n) is 5.85. The summed E-state index contributed by atoms with van der Waals surface area (Å²) in [4.78, 5) is 34.6. The maximum absolute atomic E-state index is 13.1. The van der Waals surface area contributed by atoms with Gasteiger partial charge in [0.1, 0.15) is 12.4 Å². The van der Waals surface area contributed by atoms with Gasteiger partial charge in [-0.1, -0.05) is 42.5 Å². The van der Waals surface area contributed by atoms with Crippen LogP contribution in [0.5, 0.6) is 0 Å². The fraction of sp³-hybridized carbons (Fsp3) is 0.179. The Morgan fingerprint density at radius 2 is 1.74 bits per heavy atom. The lowest BCUT2D eigenvalue weighted by Gasteiger charge is -2.26. The van der Waals surface area contributed by atoms with Crippen LogP contribution < -0.4 is 22.4 Å². The second-order valence-corrected chi connectivity index (χ2v) is 8.74. The van der Waals surface area contributed by atoms with Crippen LogP contribution >= 0.6 is 0 Å². The van der Waals surface area contributed by atoms with Gasteiger partial charge in [-0.05, 0) is 59.0 Å². The molecular formula is C28H30FN5O5. The van der Waals surface area contributed by atoms with E-state index in [0.717, 1.165) is 22.3 Å². The van der Waals surface area contributed by atoms with Crippen molar-refractivity contribution in [1.29, 1.82) is 0 Å². The van der Waals surface area contributed by atoms with E-state index >= 15 is 0 Å². The Morgan fingerprint density at radius 3 is 2.41 bits per heavy atom. The SMILES string of the molecule is N/C(=C\N(N)C(CC(=O)NO)Cc1ccc(-c2cccc(COC=O)c2)cc1)CNC(=O)c1ccc(F)cc1. The summed E-state index contributed by atoms with van der Waals surface area (Å²) in [5.74, 6) is 4.69. The highest BCUT2D eigenvalue weighted by molar-refractivity contribution is 5.94. The molecule has 0 heterocycles. The molecule has 0 fully saturated rings. The van der Waals surface area contributed by atoms with Gasteiger partial charge in [0.25, 0.3) is 12.4 Å². The molecule has 0 spiro atoms. The molecule has 0 aliphatic heterocycles. The van der Waals surface area contributed by atoms with E-state index in [4.69, 9.17) is 21.5 Å². The van der Waals surface area contributed by atoms with E-state index in [0.29, 0.717) is 12.9 Å². The van der Waals surface area contributed by atoms with E-state index < -0.39 is 23.7 Å². The smallest absolute Gasteiger partial charge is 0.293 e. The molecule has 3 rings (SSSR count). The number of hydrogen-bond donors (Lipinski definition) is 5. The molecule has 0 saturated heterocycles. The lowest BCUT2D eigenvalue weighted by molar-refractivity contribution is -0.130. The molecule has 0 radical (unpaired) electrons. The van der Waals surface area contributed by atoms with E-state index in [-0.39, 0.29) is 30.8 Å². The lowest BCUT2D eigenvalue weighted by atomic mass is 9.98. The Kier molecular flexibility index (Phi) is 10.5. The molecule has 204 valence electrons. The standard InChI is InChI=1S/C28H30FN5O5/c29-24-10-8-22(9-11-24)28(37)32-15-25(30)16-34(31)26(14-27(36)33-38)13-19-4-6-21(7-5-19)23-3-1-2-20(12-23)17-39-18-35/h1-12,16,18,26,38H,13-15,17,30-31H2,(H,32,37)(H,33,36)/b25-16-. The van der Waals surface area contributed by atoms with E-state index in [1.54, 1.807) is 5.48 Å². The molecule has 0 aliphatic rings. The van der Waals surface area contributed by atoms with Crippen LogP contribution in [0.2, 0.25) is 0 Å². The van der Waals surface area contributed by atoms with Gasteiger partial charge in [-0.15, -0.1) is 0 Å². The van der Waals surface area contributed by atoms with E-state index in [9.17, 15) is 18.8 Å². The van der Waals surface area contributed by atoms with Gasteiger partial charge in [-0.2, -0.15) is 0 Å². The van der Waals surface area contributed by atoms with Crippen LogP contribution in [0.4, 0.5) is 4.39 Å². The Balaban J connectivity index is 1.66. The zero-order valence-corrected chi connectivity index (χ0v) is 21.0. The fourth-order valence-corrected chi connectivity index (χ4v) is 3.85. The minimum Gasteiger partial charge on any atom is -0.463 e. The number of benzene rings is 3. The van der Waals surface area contributed by atoms with Crippen LogP contribution in [0.15, 0.2) is 84.7 Å². The van der Waals surface area contributed by atoms with Gasteiger partial charge in [0.15, 0.2) is 0 Å². The summed E-state index contributed by atoms with van der Waals surface area (Å²) in [7, 11) is 0. The number of hydrazine groups is 1. The first-order valence-electron chi connectivity index (χ1n) is 12.0. The van der Waals surface area contributed by atoms with Crippen LogP contribution in [-0.2, 0) is 27.4 Å². The number of nitrogens with zero attached hydrogens (tertiary/aromatic N) is 1. The van der Waals surface area contributed by atoms with Crippen molar-refractivity contribution in [3.05, 3.63) is 107 Å². The lowest BCUT2D eigenvalue weighted by Crippen LogP contribution is -2.42. The maximum Gasteiger partial charge on any atom is 0.293 e. The van der Waals surface area contributed by atoms with Gasteiger partial charge in [-0.3, -0.25) is 19.6 Å². The van der Waals surface area contributed by atoms with Gasteiger partial charge in [0.2, 0.25) is 5.91 Å². The highest BCUT2D eigenvalue weighted by Crippen LogP contribution is 2.22. The minimum absolute atomic E-state index is 0.0333. The minimum atomic E-state index is -0.627.